The van der Waals surface area contributed by atoms with E-state index in [2.05, 4.69) is 30.4 Å². The van der Waals surface area contributed by atoms with Crippen LogP contribution < -0.4 is 14.4 Å². The number of carbonyl (C=O) groups excluding carboxylic acids is 3. The van der Waals surface area contributed by atoms with Crippen molar-refractivity contribution in [2.75, 3.05) is 24.7 Å². The molecule has 246 valence electrons. The van der Waals surface area contributed by atoms with Gasteiger partial charge in [0.15, 0.2) is 22.4 Å². The monoisotopic (exact) mass is 658 g/mol. The molecule has 0 radical (unpaired) electrons. The lowest BCUT2D eigenvalue weighted by Crippen LogP contribution is -2.29. The molecule has 3 aromatic heterocycles. The number of aliphatic hydroxyl groups is 1. The van der Waals surface area contributed by atoms with Gasteiger partial charge in [0, 0.05) is 6.20 Å². The number of esters is 1. The Balaban J connectivity index is 1.70. The standard InChI is InChI=1S/C35H38N4O7S/c1-8-16-46-34(43)31-21(6)36-35(47-31)39-28(23-12-13-24(25(18-23)44-9-2)45-17-14-19(3)4)26(30(41)33(39)42)29(40)27-22(7)38-15-10-11-20(5)32(38)37-27/h8,10-13,15,18-19,28,40H,1,9,14,16-17H2,2-7H3. The number of ketones is 1. The predicted octanol–water partition coefficient (Wildman–Crippen LogP) is 6.51. The minimum atomic E-state index is -1.13. The number of aliphatic hydroxyl groups excluding tert-OH is 1. The molecule has 0 bridgehead atoms. The van der Waals surface area contributed by atoms with Crippen LogP contribution in [0, 0.1) is 26.7 Å². The van der Waals surface area contributed by atoms with Crippen molar-refractivity contribution in [3.63, 3.8) is 0 Å². The average Bonchev–Trinajstić information content (AvgIpc) is 3.67. The number of imidazole rings is 1. The summed E-state index contributed by atoms with van der Waals surface area (Å²) in [4.78, 5) is 51.1. The summed E-state index contributed by atoms with van der Waals surface area (Å²) in [7, 11) is 0. The Morgan fingerprint density at radius 3 is 2.57 bits per heavy atom. The Hall–Kier alpha value is -4.97. The number of carbonyl (C=O) groups is 3. The summed E-state index contributed by atoms with van der Waals surface area (Å²) in [5.41, 5.74) is 2.87. The number of pyridine rings is 1. The van der Waals surface area contributed by atoms with E-state index in [1.165, 1.54) is 11.0 Å². The summed E-state index contributed by atoms with van der Waals surface area (Å²) in [6, 6.07) is 7.78. The van der Waals surface area contributed by atoms with E-state index in [0.717, 1.165) is 23.3 Å². The van der Waals surface area contributed by atoms with Crippen molar-refractivity contribution in [2.24, 2.45) is 5.92 Å². The molecule has 0 saturated carbocycles. The lowest BCUT2D eigenvalue weighted by molar-refractivity contribution is -0.132. The topological polar surface area (TPSA) is 133 Å². The number of benzene rings is 1. The summed E-state index contributed by atoms with van der Waals surface area (Å²) in [5.74, 6) is -1.51. The number of hydrogen-bond donors (Lipinski definition) is 1. The quantitative estimate of drug-likeness (QED) is 0.0595. The first-order valence-corrected chi connectivity index (χ1v) is 16.2. The molecule has 1 aliphatic rings. The largest absolute Gasteiger partial charge is 0.505 e. The van der Waals surface area contributed by atoms with Crippen LogP contribution in [0.15, 0.2) is 54.8 Å². The molecule has 1 atom stereocenters. The van der Waals surface area contributed by atoms with Crippen molar-refractivity contribution in [1.82, 2.24) is 14.4 Å². The molecule has 1 aromatic carbocycles. The lowest BCUT2D eigenvalue weighted by atomic mass is 9.96. The highest BCUT2D eigenvalue weighted by Crippen LogP contribution is 2.46. The van der Waals surface area contributed by atoms with Gasteiger partial charge in [-0.25, -0.2) is 14.8 Å². The summed E-state index contributed by atoms with van der Waals surface area (Å²) >= 11 is 0.922. The first-order valence-electron chi connectivity index (χ1n) is 15.4. The normalized spacial score (nSPS) is 15.9. The fourth-order valence-electron chi connectivity index (χ4n) is 5.38. The van der Waals surface area contributed by atoms with Gasteiger partial charge in [-0.1, -0.05) is 50.0 Å². The molecule has 1 aliphatic heterocycles. The molecule has 4 heterocycles. The number of anilines is 1. The highest BCUT2D eigenvalue weighted by atomic mass is 32.1. The molecular formula is C35H38N4O7S. The third-order valence-corrected chi connectivity index (χ3v) is 8.93. The molecule has 47 heavy (non-hydrogen) atoms. The molecule has 5 rings (SSSR count). The third-order valence-electron chi connectivity index (χ3n) is 7.80. The predicted molar refractivity (Wildman–Crippen MR) is 179 cm³/mol. The number of ether oxygens (including phenoxy) is 3. The van der Waals surface area contributed by atoms with E-state index in [-0.39, 0.29) is 27.9 Å². The van der Waals surface area contributed by atoms with Crippen LogP contribution in [0.4, 0.5) is 5.13 Å². The van der Waals surface area contributed by atoms with Crippen LogP contribution in [0.1, 0.15) is 71.1 Å². The van der Waals surface area contributed by atoms with E-state index < -0.39 is 29.5 Å². The van der Waals surface area contributed by atoms with Gasteiger partial charge in [-0.3, -0.25) is 14.5 Å². The molecule has 1 unspecified atom stereocenters. The fraction of sp³-hybridized carbons (Fsp3) is 0.343. The Morgan fingerprint density at radius 1 is 1.13 bits per heavy atom. The van der Waals surface area contributed by atoms with Gasteiger partial charge in [-0.05, 0) is 69.4 Å². The Bertz CT molecular complexity index is 1900. The van der Waals surface area contributed by atoms with Crippen LogP contribution in [0.3, 0.4) is 0 Å². The number of aryl methyl sites for hydroxylation is 3. The summed E-state index contributed by atoms with van der Waals surface area (Å²) in [6.07, 6.45) is 4.10. The Morgan fingerprint density at radius 2 is 1.89 bits per heavy atom. The zero-order valence-corrected chi connectivity index (χ0v) is 28.1. The summed E-state index contributed by atoms with van der Waals surface area (Å²) in [6.45, 7) is 15.7. The third kappa shape index (κ3) is 6.37. The number of fused-ring (bicyclic) bond motifs is 1. The van der Waals surface area contributed by atoms with Gasteiger partial charge in [-0.2, -0.15) is 0 Å². The second-order valence-electron chi connectivity index (χ2n) is 11.6. The zero-order chi connectivity index (χ0) is 34.0. The van der Waals surface area contributed by atoms with E-state index in [0.29, 0.717) is 53.2 Å². The van der Waals surface area contributed by atoms with Gasteiger partial charge in [0.2, 0.25) is 0 Å². The maximum atomic E-state index is 13.9. The van der Waals surface area contributed by atoms with Crippen molar-refractivity contribution in [3.05, 3.63) is 87.8 Å². The number of hydrogen-bond acceptors (Lipinski definition) is 10. The van der Waals surface area contributed by atoms with Crippen LogP contribution in [-0.4, -0.2) is 57.0 Å². The van der Waals surface area contributed by atoms with Crippen LogP contribution >= 0.6 is 11.3 Å². The fourth-order valence-corrected chi connectivity index (χ4v) is 6.37. The molecule has 1 N–H and O–H groups in total. The lowest BCUT2D eigenvalue weighted by Gasteiger charge is -2.24. The van der Waals surface area contributed by atoms with Crippen molar-refractivity contribution in [1.29, 1.82) is 0 Å². The second kappa shape index (κ2) is 13.8. The number of thiazole rings is 1. The minimum absolute atomic E-state index is 0.000345. The smallest absolute Gasteiger partial charge is 0.350 e. The Kier molecular flexibility index (Phi) is 9.80. The highest BCUT2D eigenvalue weighted by Gasteiger charge is 2.49. The van der Waals surface area contributed by atoms with Gasteiger partial charge in [0.1, 0.15) is 22.8 Å². The molecule has 1 fully saturated rings. The summed E-state index contributed by atoms with van der Waals surface area (Å²) in [5, 5.41) is 12.0. The maximum absolute atomic E-state index is 13.9. The molecular weight excluding hydrogens is 620 g/mol. The van der Waals surface area contributed by atoms with Crippen molar-refractivity contribution in [2.45, 2.75) is 54.0 Å². The van der Waals surface area contributed by atoms with Gasteiger partial charge in [-0.15, -0.1) is 0 Å². The molecule has 4 aromatic rings. The molecule has 1 saturated heterocycles. The maximum Gasteiger partial charge on any atom is 0.350 e. The van der Waals surface area contributed by atoms with Crippen molar-refractivity contribution < 1.29 is 33.7 Å². The van der Waals surface area contributed by atoms with Gasteiger partial charge >= 0.3 is 11.9 Å². The average molecular weight is 659 g/mol. The van der Waals surface area contributed by atoms with Crippen molar-refractivity contribution in [3.8, 4) is 11.5 Å². The van der Waals surface area contributed by atoms with Crippen molar-refractivity contribution >= 4 is 45.5 Å². The second-order valence-corrected chi connectivity index (χ2v) is 12.5. The molecule has 1 amide bonds. The molecule has 0 aliphatic carbocycles. The van der Waals surface area contributed by atoms with E-state index in [9.17, 15) is 19.5 Å². The van der Waals surface area contributed by atoms with Crippen LogP contribution in [-0.2, 0) is 14.3 Å². The van der Waals surface area contributed by atoms with Crippen LogP contribution in [0.25, 0.3) is 11.4 Å². The number of aromatic nitrogens is 3. The van der Waals surface area contributed by atoms with E-state index in [1.54, 1.807) is 32.0 Å². The van der Waals surface area contributed by atoms with E-state index in [4.69, 9.17) is 14.2 Å². The molecule has 12 heteroatoms. The van der Waals surface area contributed by atoms with E-state index in [1.807, 2.05) is 36.6 Å². The molecule has 11 nitrogen and oxygen atoms in total. The Labute approximate surface area is 277 Å². The number of nitrogens with zero attached hydrogens (tertiary/aromatic N) is 4. The number of amides is 1. The summed E-state index contributed by atoms with van der Waals surface area (Å²) < 4.78 is 19.0. The first-order chi connectivity index (χ1) is 22.5. The first kappa shape index (κ1) is 33.4. The SMILES string of the molecule is C=CCOC(=O)c1sc(N2C(=O)C(=O)C(=C(O)c3nc4c(C)cccn4c3C)C2c2ccc(OCCC(C)C)c(OCC)c2)nc1C. The van der Waals surface area contributed by atoms with Gasteiger partial charge in [0.25, 0.3) is 5.78 Å². The van der Waals surface area contributed by atoms with Crippen LogP contribution in [0.2, 0.25) is 0 Å². The van der Waals surface area contributed by atoms with Gasteiger partial charge in [0.05, 0.1) is 36.2 Å². The van der Waals surface area contributed by atoms with E-state index >= 15 is 0 Å². The highest BCUT2D eigenvalue weighted by molar-refractivity contribution is 7.17. The number of rotatable bonds is 12. The minimum Gasteiger partial charge on any atom is -0.505 e. The molecule has 0 spiro atoms. The zero-order valence-electron chi connectivity index (χ0n) is 27.3. The van der Waals surface area contributed by atoms with Crippen LogP contribution in [0.5, 0.6) is 11.5 Å². The van der Waals surface area contributed by atoms with Gasteiger partial charge < -0.3 is 23.7 Å². The number of Topliss-reactive ketones (excluding diaryl/α,β-unsaturated/α-hetero) is 1.